The minimum Gasteiger partial charge on any atom is -0.290 e. The quantitative estimate of drug-likeness (QED) is 0.857. The predicted octanol–water partition coefficient (Wildman–Crippen LogP) is 3.60. The van der Waals surface area contributed by atoms with Crippen LogP contribution in [-0.4, -0.2) is 17.9 Å². The van der Waals surface area contributed by atoms with E-state index in [0.29, 0.717) is 0 Å². The number of rotatable bonds is 3. The van der Waals surface area contributed by atoms with Crippen LogP contribution in [0.1, 0.15) is 18.4 Å². The van der Waals surface area contributed by atoms with Crippen molar-refractivity contribution in [3.8, 4) is 0 Å². The number of likely N-dealkylation sites (N-methyl/N-ethyl adjacent to an activating group) is 1. The van der Waals surface area contributed by atoms with Gasteiger partial charge in [0.25, 0.3) is 0 Å². The molecule has 5 heteroatoms. The fourth-order valence-corrected chi connectivity index (χ4v) is 3.33. The molecule has 0 saturated heterocycles. The Balaban J connectivity index is 1.91. The number of anilines is 1. The average molecular weight is 337 g/mol. The molecule has 0 radical (unpaired) electrons. The van der Waals surface area contributed by atoms with Gasteiger partial charge >= 0.3 is 0 Å². The molecule has 0 spiro atoms. The van der Waals surface area contributed by atoms with Crippen molar-refractivity contribution in [2.24, 2.45) is 0 Å². The number of benzene rings is 1. The van der Waals surface area contributed by atoms with Crippen molar-refractivity contribution in [3.63, 3.8) is 0 Å². The van der Waals surface area contributed by atoms with Crippen molar-refractivity contribution in [1.82, 2.24) is 4.98 Å². The average Bonchev–Trinajstić information content (AvgIpc) is 3.05. The standard InChI is InChI=1S/C14H13BrN2OS/c1-17(13-16-7-8-19-13)12(18)14(5-6-14)10-3-2-4-11(15)9-10/h2-4,7-9H,5-6H2,1H3. The van der Waals surface area contributed by atoms with Gasteiger partial charge in [0.15, 0.2) is 5.13 Å². The molecule has 0 atom stereocenters. The Morgan fingerprint density at radius 1 is 1.47 bits per heavy atom. The Hall–Kier alpha value is -1.20. The maximum absolute atomic E-state index is 12.7. The van der Waals surface area contributed by atoms with Gasteiger partial charge in [-0.05, 0) is 30.5 Å². The molecule has 1 heterocycles. The zero-order valence-corrected chi connectivity index (χ0v) is 12.9. The smallest absolute Gasteiger partial charge is 0.239 e. The van der Waals surface area contributed by atoms with Gasteiger partial charge in [-0.25, -0.2) is 4.98 Å². The van der Waals surface area contributed by atoms with Gasteiger partial charge in [0.05, 0.1) is 5.41 Å². The second kappa shape index (κ2) is 4.72. The first-order valence-electron chi connectivity index (χ1n) is 6.07. The predicted molar refractivity (Wildman–Crippen MR) is 80.6 cm³/mol. The summed E-state index contributed by atoms with van der Waals surface area (Å²) in [6.45, 7) is 0. The fraction of sp³-hybridized carbons (Fsp3) is 0.286. The second-order valence-corrected chi connectivity index (χ2v) is 6.56. The molecule has 2 aromatic rings. The normalized spacial score (nSPS) is 16.1. The number of carbonyl (C=O) groups is 1. The van der Waals surface area contributed by atoms with Crippen LogP contribution < -0.4 is 4.90 Å². The molecule has 3 nitrogen and oxygen atoms in total. The van der Waals surface area contributed by atoms with Crippen molar-refractivity contribution in [3.05, 3.63) is 45.9 Å². The lowest BCUT2D eigenvalue weighted by atomic mass is 9.94. The number of halogens is 1. The summed E-state index contributed by atoms with van der Waals surface area (Å²) in [6.07, 6.45) is 3.55. The van der Waals surface area contributed by atoms with Gasteiger partial charge in [0, 0.05) is 23.1 Å². The third-order valence-electron chi connectivity index (χ3n) is 3.55. The molecule has 0 N–H and O–H groups in total. The van der Waals surface area contributed by atoms with E-state index in [9.17, 15) is 4.79 Å². The summed E-state index contributed by atoms with van der Waals surface area (Å²) in [4.78, 5) is 18.6. The van der Waals surface area contributed by atoms with E-state index in [1.54, 1.807) is 18.1 Å². The van der Waals surface area contributed by atoms with E-state index in [2.05, 4.69) is 20.9 Å². The zero-order valence-electron chi connectivity index (χ0n) is 10.5. The molecular formula is C14H13BrN2OS. The number of carbonyl (C=O) groups excluding carboxylic acids is 1. The van der Waals surface area contributed by atoms with Crippen molar-refractivity contribution >= 4 is 38.3 Å². The van der Waals surface area contributed by atoms with Gasteiger partial charge in [0.1, 0.15) is 0 Å². The molecule has 1 aromatic heterocycles. The zero-order chi connectivity index (χ0) is 13.5. The number of nitrogens with zero attached hydrogens (tertiary/aromatic N) is 2. The lowest BCUT2D eigenvalue weighted by molar-refractivity contribution is -0.120. The van der Waals surface area contributed by atoms with Crippen molar-refractivity contribution in [1.29, 1.82) is 0 Å². The van der Waals surface area contributed by atoms with Gasteiger partial charge in [-0.3, -0.25) is 9.69 Å². The van der Waals surface area contributed by atoms with Crippen LogP contribution in [0.5, 0.6) is 0 Å². The van der Waals surface area contributed by atoms with Crippen LogP contribution in [0.4, 0.5) is 5.13 Å². The van der Waals surface area contributed by atoms with Crippen LogP contribution in [0.2, 0.25) is 0 Å². The van der Waals surface area contributed by atoms with E-state index in [-0.39, 0.29) is 11.3 Å². The topological polar surface area (TPSA) is 33.2 Å². The van der Waals surface area contributed by atoms with Gasteiger partial charge in [0.2, 0.25) is 5.91 Å². The molecule has 1 amide bonds. The third kappa shape index (κ3) is 2.21. The first-order valence-corrected chi connectivity index (χ1v) is 7.74. The number of thiazole rings is 1. The van der Waals surface area contributed by atoms with Crippen molar-refractivity contribution in [2.75, 3.05) is 11.9 Å². The summed E-state index contributed by atoms with van der Waals surface area (Å²) in [5.41, 5.74) is 0.750. The first-order chi connectivity index (χ1) is 9.13. The molecule has 0 unspecified atom stereocenters. The van der Waals surface area contributed by atoms with Crippen LogP contribution in [0.15, 0.2) is 40.3 Å². The van der Waals surface area contributed by atoms with E-state index < -0.39 is 0 Å². The Bertz CT molecular complexity index is 608. The van der Waals surface area contributed by atoms with E-state index in [4.69, 9.17) is 0 Å². The van der Waals surface area contributed by atoms with Gasteiger partial charge in [-0.1, -0.05) is 28.1 Å². The van der Waals surface area contributed by atoms with Crippen LogP contribution in [0, 0.1) is 0 Å². The summed E-state index contributed by atoms with van der Waals surface area (Å²) in [5.74, 6) is 0.139. The summed E-state index contributed by atoms with van der Waals surface area (Å²) < 4.78 is 1.01. The molecule has 0 bridgehead atoms. The summed E-state index contributed by atoms with van der Waals surface area (Å²) in [5, 5.41) is 2.64. The Labute approximate surface area is 124 Å². The van der Waals surface area contributed by atoms with Crippen LogP contribution in [0.3, 0.4) is 0 Å². The molecule has 3 rings (SSSR count). The largest absolute Gasteiger partial charge is 0.290 e. The SMILES string of the molecule is CN(C(=O)C1(c2cccc(Br)c2)CC1)c1nccs1. The third-order valence-corrected chi connectivity index (χ3v) is 4.89. The van der Waals surface area contributed by atoms with Gasteiger partial charge in [-0.2, -0.15) is 0 Å². The maximum Gasteiger partial charge on any atom is 0.239 e. The van der Waals surface area contributed by atoms with E-state index in [1.165, 1.54) is 11.3 Å². The fourth-order valence-electron chi connectivity index (χ4n) is 2.33. The summed E-state index contributed by atoms with van der Waals surface area (Å²) >= 11 is 4.96. The molecule has 1 fully saturated rings. The van der Waals surface area contributed by atoms with Gasteiger partial charge in [-0.15, -0.1) is 11.3 Å². The molecule has 0 aliphatic heterocycles. The van der Waals surface area contributed by atoms with E-state index >= 15 is 0 Å². The highest BCUT2D eigenvalue weighted by atomic mass is 79.9. The number of hydrogen-bond donors (Lipinski definition) is 0. The summed E-state index contributed by atoms with van der Waals surface area (Å²) in [7, 11) is 1.80. The molecule has 1 aliphatic carbocycles. The highest BCUT2D eigenvalue weighted by Gasteiger charge is 2.53. The molecule has 1 saturated carbocycles. The van der Waals surface area contributed by atoms with Crippen LogP contribution in [0.25, 0.3) is 0 Å². The molecule has 19 heavy (non-hydrogen) atoms. The van der Waals surface area contributed by atoms with Crippen LogP contribution in [-0.2, 0) is 10.2 Å². The number of aromatic nitrogens is 1. The first kappa shape index (κ1) is 12.8. The molecular weight excluding hydrogens is 324 g/mol. The van der Waals surface area contributed by atoms with Crippen LogP contribution >= 0.6 is 27.3 Å². The Morgan fingerprint density at radius 3 is 2.84 bits per heavy atom. The van der Waals surface area contributed by atoms with Gasteiger partial charge < -0.3 is 0 Å². The van der Waals surface area contributed by atoms with E-state index in [0.717, 1.165) is 28.0 Å². The highest BCUT2D eigenvalue weighted by Crippen LogP contribution is 2.50. The second-order valence-electron chi connectivity index (χ2n) is 4.77. The highest BCUT2D eigenvalue weighted by molar-refractivity contribution is 9.10. The lowest BCUT2D eigenvalue weighted by Gasteiger charge is -2.21. The minimum absolute atomic E-state index is 0.139. The summed E-state index contributed by atoms with van der Waals surface area (Å²) in [6, 6.07) is 8.04. The number of hydrogen-bond acceptors (Lipinski definition) is 3. The van der Waals surface area contributed by atoms with Crippen molar-refractivity contribution < 1.29 is 4.79 Å². The monoisotopic (exact) mass is 336 g/mol. The molecule has 1 aromatic carbocycles. The Kier molecular flexibility index (Phi) is 3.19. The lowest BCUT2D eigenvalue weighted by Crippen LogP contribution is -2.36. The van der Waals surface area contributed by atoms with Crippen molar-refractivity contribution in [2.45, 2.75) is 18.3 Å². The minimum atomic E-state index is -0.343. The molecule has 1 aliphatic rings. The number of amides is 1. The molecule has 98 valence electrons. The van der Waals surface area contributed by atoms with E-state index in [1.807, 2.05) is 29.6 Å². The Morgan fingerprint density at radius 2 is 2.26 bits per heavy atom. The maximum atomic E-state index is 12.7.